The van der Waals surface area contributed by atoms with Crippen molar-refractivity contribution in [3.05, 3.63) is 58.6 Å². The van der Waals surface area contributed by atoms with Gasteiger partial charge in [0.05, 0.1) is 11.3 Å². The van der Waals surface area contributed by atoms with Crippen molar-refractivity contribution in [2.24, 2.45) is 0 Å². The summed E-state index contributed by atoms with van der Waals surface area (Å²) in [6.45, 7) is 0.388. The van der Waals surface area contributed by atoms with E-state index in [1.807, 2.05) is 0 Å². The molecule has 2 aromatic rings. The fourth-order valence-corrected chi connectivity index (χ4v) is 1.98. The number of carbonyl (C=O) groups excluding carboxylic acids is 1. The van der Waals surface area contributed by atoms with Crippen molar-refractivity contribution in [2.75, 3.05) is 12.3 Å². The lowest BCUT2D eigenvalue weighted by Crippen LogP contribution is -2.26. The highest BCUT2D eigenvalue weighted by Gasteiger charge is 2.07. The molecule has 20 heavy (non-hydrogen) atoms. The minimum atomic E-state index is -0.381. The molecule has 0 aliphatic heterocycles. The Hall–Kier alpha value is -2.14. The zero-order chi connectivity index (χ0) is 14.5. The molecule has 0 radical (unpaired) electrons. The van der Waals surface area contributed by atoms with Gasteiger partial charge in [0.1, 0.15) is 5.82 Å². The molecule has 0 aliphatic rings. The zero-order valence-electron chi connectivity index (χ0n) is 10.6. The van der Waals surface area contributed by atoms with Gasteiger partial charge in [-0.15, -0.1) is 0 Å². The van der Waals surface area contributed by atoms with E-state index < -0.39 is 0 Å². The van der Waals surface area contributed by atoms with Crippen molar-refractivity contribution in [3.8, 4) is 0 Å². The molecule has 0 aliphatic carbocycles. The molecule has 0 saturated heterocycles. The van der Waals surface area contributed by atoms with Crippen LogP contribution < -0.4 is 11.1 Å². The lowest BCUT2D eigenvalue weighted by Gasteiger charge is -2.07. The van der Waals surface area contributed by atoms with Crippen molar-refractivity contribution in [1.29, 1.82) is 0 Å². The van der Waals surface area contributed by atoms with Crippen LogP contribution in [0, 0.1) is 5.82 Å². The number of anilines is 1. The molecule has 0 atom stereocenters. The molecule has 2 rings (SSSR count). The van der Waals surface area contributed by atoms with Crippen LogP contribution in [0.3, 0.4) is 0 Å². The van der Waals surface area contributed by atoms with E-state index in [0.29, 0.717) is 29.2 Å². The van der Waals surface area contributed by atoms with Gasteiger partial charge in [-0.2, -0.15) is 0 Å². The molecule has 0 spiro atoms. The summed E-state index contributed by atoms with van der Waals surface area (Å²) in [7, 11) is 0. The maximum atomic E-state index is 12.9. The zero-order valence-corrected chi connectivity index (χ0v) is 11.3. The van der Waals surface area contributed by atoms with Gasteiger partial charge in [0.15, 0.2) is 0 Å². The number of halogens is 2. The van der Waals surface area contributed by atoms with Crippen molar-refractivity contribution < 1.29 is 9.18 Å². The number of nitrogen functional groups attached to an aromatic ring is 1. The number of hydrogen-bond acceptors (Lipinski definition) is 3. The Balaban J connectivity index is 1.91. The van der Waals surface area contributed by atoms with Gasteiger partial charge in [0.25, 0.3) is 5.91 Å². The third kappa shape index (κ3) is 3.68. The molecule has 104 valence electrons. The molecule has 1 aromatic heterocycles. The molecule has 0 fully saturated rings. The molecule has 0 saturated carbocycles. The number of aromatic nitrogens is 1. The van der Waals surface area contributed by atoms with E-state index in [9.17, 15) is 9.18 Å². The highest BCUT2D eigenvalue weighted by atomic mass is 35.5. The Morgan fingerprint density at radius 2 is 2.15 bits per heavy atom. The number of pyridine rings is 1. The van der Waals surface area contributed by atoms with Crippen LogP contribution in [0.25, 0.3) is 0 Å². The van der Waals surface area contributed by atoms with Crippen LogP contribution in [0.1, 0.15) is 15.9 Å². The normalized spacial score (nSPS) is 10.3. The van der Waals surface area contributed by atoms with Crippen LogP contribution >= 0.6 is 11.6 Å². The van der Waals surface area contributed by atoms with E-state index in [-0.39, 0.29) is 11.7 Å². The third-order valence-corrected chi connectivity index (χ3v) is 3.07. The van der Waals surface area contributed by atoms with E-state index in [1.54, 1.807) is 12.1 Å². The molecular weight excluding hydrogens is 281 g/mol. The first-order valence-corrected chi connectivity index (χ1v) is 6.36. The molecule has 0 bridgehead atoms. The summed E-state index contributed by atoms with van der Waals surface area (Å²) in [6, 6.07) is 5.74. The quantitative estimate of drug-likeness (QED) is 0.910. The number of amides is 1. The van der Waals surface area contributed by atoms with Crippen LogP contribution in [0.5, 0.6) is 0 Å². The molecule has 0 unspecified atom stereocenters. The Morgan fingerprint density at radius 1 is 1.35 bits per heavy atom. The highest BCUT2D eigenvalue weighted by molar-refractivity contribution is 6.31. The Bertz CT molecular complexity index is 634. The van der Waals surface area contributed by atoms with Gasteiger partial charge < -0.3 is 11.1 Å². The first-order chi connectivity index (χ1) is 9.56. The average molecular weight is 294 g/mol. The monoisotopic (exact) mass is 293 g/mol. The number of hydrogen-bond donors (Lipinski definition) is 2. The van der Waals surface area contributed by atoms with Gasteiger partial charge in [-0.25, -0.2) is 4.39 Å². The molecule has 6 heteroatoms. The Kier molecular flexibility index (Phi) is 4.53. The fourth-order valence-electron chi connectivity index (χ4n) is 1.72. The maximum Gasteiger partial charge on any atom is 0.252 e. The number of nitrogens with one attached hydrogen (secondary N) is 1. The second kappa shape index (κ2) is 6.34. The predicted molar refractivity (Wildman–Crippen MR) is 76.1 cm³/mol. The Morgan fingerprint density at radius 3 is 2.85 bits per heavy atom. The van der Waals surface area contributed by atoms with E-state index in [0.717, 1.165) is 5.56 Å². The molecule has 1 amide bonds. The smallest absolute Gasteiger partial charge is 0.252 e. The molecule has 3 N–H and O–H groups in total. The molecule has 4 nitrogen and oxygen atoms in total. The number of nitrogens with two attached hydrogens (primary N) is 1. The fraction of sp³-hybridized carbons (Fsp3) is 0.143. The summed E-state index contributed by atoms with van der Waals surface area (Å²) in [6.07, 6.45) is 3.42. The minimum Gasteiger partial charge on any atom is -0.397 e. The predicted octanol–water partition coefficient (Wildman–Crippen LogP) is 2.43. The summed E-state index contributed by atoms with van der Waals surface area (Å²) in [5.41, 5.74) is 7.16. The van der Waals surface area contributed by atoms with Crippen LogP contribution in [0.15, 0.2) is 36.7 Å². The maximum absolute atomic E-state index is 12.9. The number of carbonyl (C=O) groups is 1. The standard InChI is InChI=1S/C14H13ClFN3O/c15-13-6-11(16)2-1-9(13)3-4-19-14(20)10-5-12(17)8-18-7-10/h1-2,5-8H,3-4,17H2,(H,19,20). The summed E-state index contributed by atoms with van der Waals surface area (Å²) in [5, 5.41) is 3.08. The van der Waals surface area contributed by atoms with Gasteiger partial charge in [-0.05, 0) is 30.2 Å². The molecular formula is C14H13ClFN3O. The lowest BCUT2D eigenvalue weighted by atomic mass is 10.1. The summed E-state index contributed by atoms with van der Waals surface area (Å²) < 4.78 is 12.9. The third-order valence-electron chi connectivity index (χ3n) is 2.72. The van der Waals surface area contributed by atoms with E-state index in [2.05, 4.69) is 10.3 Å². The summed E-state index contributed by atoms with van der Waals surface area (Å²) in [5.74, 6) is -0.642. The average Bonchev–Trinajstić information content (AvgIpc) is 2.41. The van der Waals surface area contributed by atoms with Crippen LogP contribution in [-0.4, -0.2) is 17.4 Å². The van der Waals surface area contributed by atoms with Crippen molar-refractivity contribution in [2.45, 2.75) is 6.42 Å². The van der Waals surface area contributed by atoms with Crippen LogP contribution in [0.2, 0.25) is 5.02 Å². The van der Waals surface area contributed by atoms with Crippen LogP contribution in [0.4, 0.5) is 10.1 Å². The minimum absolute atomic E-state index is 0.261. The Labute approximate surface area is 120 Å². The molecule has 1 aromatic carbocycles. The van der Waals surface area contributed by atoms with Gasteiger partial charge in [-0.3, -0.25) is 9.78 Å². The van der Waals surface area contributed by atoms with E-state index in [4.69, 9.17) is 17.3 Å². The van der Waals surface area contributed by atoms with E-state index >= 15 is 0 Å². The summed E-state index contributed by atoms with van der Waals surface area (Å²) >= 11 is 5.90. The van der Waals surface area contributed by atoms with E-state index in [1.165, 1.54) is 24.5 Å². The first kappa shape index (κ1) is 14.3. The van der Waals surface area contributed by atoms with Gasteiger partial charge in [-0.1, -0.05) is 17.7 Å². The van der Waals surface area contributed by atoms with Crippen molar-refractivity contribution in [1.82, 2.24) is 10.3 Å². The first-order valence-electron chi connectivity index (χ1n) is 5.99. The largest absolute Gasteiger partial charge is 0.397 e. The number of rotatable bonds is 4. The SMILES string of the molecule is Nc1cncc(C(=O)NCCc2ccc(F)cc2Cl)c1. The lowest BCUT2D eigenvalue weighted by molar-refractivity contribution is 0.0954. The number of benzene rings is 1. The second-order valence-electron chi connectivity index (χ2n) is 4.25. The topological polar surface area (TPSA) is 68.0 Å². The van der Waals surface area contributed by atoms with Crippen molar-refractivity contribution >= 4 is 23.2 Å². The van der Waals surface area contributed by atoms with Crippen LogP contribution in [-0.2, 0) is 6.42 Å². The molecule has 1 heterocycles. The highest BCUT2D eigenvalue weighted by Crippen LogP contribution is 2.17. The van der Waals surface area contributed by atoms with Gasteiger partial charge >= 0.3 is 0 Å². The van der Waals surface area contributed by atoms with Crippen molar-refractivity contribution in [3.63, 3.8) is 0 Å². The van der Waals surface area contributed by atoms with Gasteiger partial charge in [0.2, 0.25) is 0 Å². The summed E-state index contributed by atoms with van der Waals surface area (Å²) in [4.78, 5) is 15.7. The second-order valence-corrected chi connectivity index (χ2v) is 4.66. The number of nitrogens with zero attached hydrogens (tertiary/aromatic N) is 1. The van der Waals surface area contributed by atoms with Gasteiger partial charge in [0, 0.05) is 24.0 Å².